The second-order valence-corrected chi connectivity index (χ2v) is 5.37. The van der Waals surface area contributed by atoms with E-state index in [1.807, 2.05) is 55.1 Å². The molecule has 1 aromatic heterocycles. The number of rotatable bonds is 9. The molecule has 0 saturated carbocycles. The molecule has 0 aliphatic rings. The van der Waals surface area contributed by atoms with Crippen molar-refractivity contribution < 1.29 is 9.53 Å². The van der Waals surface area contributed by atoms with E-state index in [1.165, 1.54) is 0 Å². The number of anilines is 1. The van der Waals surface area contributed by atoms with Gasteiger partial charge in [0.1, 0.15) is 19.0 Å². The topological polar surface area (TPSA) is 68.2 Å². The van der Waals surface area contributed by atoms with Gasteiger partial charge in [-0.25, -0.2) is 4.98 Å². The Kier molecular flexibility index (Phi) is 6.62. The van der Waals surface area contributed by atoms with Crippen molar-refractivity contribution in [2.45, 2.75) is 26.0 Å². The number of nitrogens with one attached hydrogen (secondary N) is 2. The molecule has 6 heteroatoms. The molecule has 0 bridgehead atoms. The highest BCUT2D eigenvalue weighted by molar-refractivity contribution is 5.77. The zero-order valence-electron chi connectivity index (χ0n) is 13.7. The van der Waals surface area contributed by atoms with Gasteiger partial charge >= 0.3 is 0 Å². The van der Waals surface area contributed by atoms with E-state index < -0.39 is 0 Å². The zero-order valence-corrected chi connectivity index (χ0v) is 13.7. The van der Waals surface area contributed by atoms with E-state index in [2.05, 4.69) is 15.6 Å². The molecule has 0 aliphatic carbocycles. The van der Waals surface area contributed by atoms with E-state index in [1.54, 1.807) is 6.20 Å². The third-order valence-corrected chi connectivity index (χ3v) is 3.57. The highest BCUT2D eigenvalue weighted by atomic mass is 16.5. The van der Waals surface area contributed by atoms with Crippen LogP contribution in [0.3, 0.4) is 0 Å². The number of amides is 1. The fraction of sp³-hybridized carbons (Fsp3) is 0.412. The van der Waals surface area contributed by atoms with Crippen molar-refractivity contribution >= 4 is 11.6 Å². The van der Waals surface area contributed by atoms with Gasteiger partial charge in [-0.2, -0.15) is 0 Å². The number of para-hydroxylation sites is 1. The molecule has 2 N–H and O–H groups in total. The molecule has 6 nitrogen and oxygen atoms in total. The van der Waals surface area contributed by atoms with Crippen LogP contribution >= 0.6 is 0 Å². The van der Waals surface area contributed by atoms with Gasteiger partial charge in [-0.15, -0.1) is 0 Å². The molecule has 1 amide bonds. The molecule has 1 heterocycles. The number of nitrogens with zero attached hydrogens (tertiary/aromatic N) is 2. The number of hydrogen-bond acceptors (Lipinski definition) is 4. The highest BCUT2D eigenvalue weighted by Gasteiger charge is 2.11. The van der Waals surface area contributed by atoms with Crippen LogP contribution in [0.1, 0.15) is 19.2 Å². The number of carbonyl (C=O) groups excluding carboxylic acids is 1. The van der Waals surface area contributed by atoms with Crippen LogP contribution in [0.2, 0.25) is 0 Å². The Morgan fingerprint density at radius 2 is 2.13 bits per heavy atom. The Balaban J connectivity index is 1.68. The SMILES string of the molecule is CCC(CNc1ccccc1)NC(=O)COCc1nccn1C. The second kappa shape index (κ2) is 8.95. The van der Waals surface area contributed by atoms with Gasteiger partial charge in [0.05, 0.1) is 0 Å². The van der Waals surface area contributed by atoms with Crippen LogP contribution in [-0.4, -0.2) is 34.7 Å². The predicted octanol–water partition coefficient (Wildman–Crippen LogP) is 1.94. The second-order valence-electron chi connectivity index (χ2n) is 5.37. The van der Waals surface area contributed by atoms with E-state index in [0.717, 1.165) is 17.9 Å². The molecule has 0 saturated heterocycles. The Morgan fingerprint density at radius 1 is 1.35 bits per heavy atom. The minimum atomic E-state index is -0.110. The fourth-order valence-corrected chi connectivity index (χ4v) is 2.13. The first kappa shape index (κ1) is 17.0. The summed E-state index contributed by atoms with van der Waals surface area (Å²) in [6, 6.07) is 10.0. The van der Waals surface area contributed by atoms with Gasteiger partial charge in [0.2, 0.25) is 5.91 Å². The first-order valence-electron chi connectivity index (χ1n) is 7.81. The molecule has 2 aromatic rings. The normalized spacial score (nSPS) is 11.9. The minimum Gasteiger partial charge on any atom is -0.383 e. The van der Waals surface area contributed by atoms with Crippen molar-refractivity contribution in [1.82, 2.24) is 14.9 Å². The number of aromatic nitrogens is 2. The summed E-state index contributed by atoms with van der Waals surface area (Å²) in [4.78, 5) is 16.1. The molecule has 0 radical (unpaired) electrons. The maximum Gasteiger partial charge on any atom is 0.246 e. The molecule has 1 aromatic carbocycles. The summed E-state index contributed by atoms with van der Waals surface area (Å²) in [5.41, 5.74) is 1.05. The van der Waals surface area contributed by atoms with Crippen LogP contribution < -0.4 is 10.6 Å². The van der Waals surface area contributed by atoms with Gasteiger partial charge in [0, 0.05) is 37.7 Å². The zero-order chi connectivity index (χ0) is 16.5. The minimum absolute atomic E-state index is 0.0364. The smallest absolute Gasteiger partial charge is 0.246 e. The molecule has 0 fully saturated rings. The molecular formula is C17H24N4O2. The van der Waals surface area contributed by atoms with Crippen molar-refractivity contribution in [3.8, 4) is 0 Å². The number of ether oxygens (including phenoxy) is 1. The molecule has 1 atom stereocenters. The van der Waals surface area contributed by atoms with Gasteiger partial charge in [0.15, 0.2) is 0 Å². The lowest BCUT2D eigenvalue weighted by molar-refractivity contribution is -0.126. The van der Waals surface area contributed by atoms with Crippen LogP contribution in [-0.2, 0) is 23.2 Å². The summed E-state index contributed by atoms with van der Waals surface area (Å²) in [6.45, 7) is 3.10. The summed E-state index contributed by atoms with van der Waals surface area (Å²) in [7, 11) is 1.90. The lowest BCUT2D eigenvalue weighted by atomic mass is 10.2. The molecule has 1 unspecified atom stereocenters. The van der Waals surface area contributed by atoms with Crippen molar-refractivity contribution in [3.63, 3.8) is 0 Å². The van der Waals surface area contributed by atoms with E-state index in [0.29, 0.717) is 13.2 Å². The Hall–Kier alpha value is -2.34. The molecule has 124 valence electrons. The molecule has 0 aliphatic heterocycles. The van der Waals surface area contributed by atoms with Crippen molar-refractivity contribution in [1.29, 1.82) is 0 Å². The van der Waals surface area contributed by atoms with Gasteiger partial charge in [-0.3, -0.25) is 4.79 Å². The predicted molar refractivity (Wildman–Crippen MR) is 90.0 cm³/mol. The van der Waals surface area contributed by atoms with Crippen LogP contribution in [0.15, 0.2) is 42.7 Å². The number of imidazole rings is 1. The third kappa shape index (κ3) is 5.75. The number of aryl methyl sites for hydroxylation is 1. The van der Waals surface area contributed by atoms with Crippen LogP contribution in [0.5, 0.6) is 0 Å². The maximum atomic E-state index is 11.9. The Morgan fingerprint density at radius 3 is 2.78 bits per heavy atom. The number of benzene rings is 1. The average molecular weight is 316 g/mol. The molecule has 0 spiro atoms. The summed E-state index contributed by atoms with van der Waals surface area (Å²) >= 11 is 0. The Labute approximate surface area is 136 Å². The van der Waals surface area contributed by atoms with Gasteiger partial charge in [-0.1, -0.05) is 25.1 Å². The van der Waals surface area contributed by atoms with E-state index in [-0.39, 0.29) is 18.6 Å². The largest absolute Gasteiger partial charge is 0.383 e. The van der Waals surface area contributed by atoms with E-state index in [9.17, 15) is 4.79 Å². The van der Waals surface area contributed by atoms with Gasteiger partial charge in [-0.05, 0) is 18.6 Å². The molecule has 2 rings (SSSR count). The van der Waals surface area contributed by atoms with E-state index in [4.69, 9.17) is 4.74 Å². The quantitative estimate of drug-likeness (QED) is 0.742. The summed E-state index contributed by atoms with van der Waals surface area (Å²) in [6.07, 6.45) is 4.41. The maximum absolute atomic E-state index is 11.9. The summed E-state index contributed by atoms with van der Waals surface area (Å²) in [5, 5.41) is 6.30. The fourth-order valence-electron chi connectivity index (χ4n) is 2.13. The lowest BCUT2D eigenvalue weighted by Crippen LogP contribution is -2.41. The third-order valence-electron chi connectivity index (χ3n) is 3.57. The van der Waals surface area contributed by atoms with Crippen LogP contribution in [0, 0.1) is 0 Å². The first-order valence-corrected chi connectivity index (χ1v) is 7.81. The van der Waals surface area contributed by atoms with Crippen molar-refractivity contribution in [2.75, 3.05) is 18.5 Å². The number of hydrogen-bond donors (Lipinski definition) is 2. The monoisotopic (exact) mass is 316 g/mol. The Bertz CT molecular complexity index is 598. The lowest BCUT2D eigenvalue weighted by Gasteiger charge is -2.18. The summed E-state index contributed by atoms with van der Waals surface area (Å²) in [5.74, 6) is 0.691. The summed E-state index contributed by atoms with van der Waals surface area (Å²) < 4.78 is 7.28. The van der Waals surface area contributed by atoms with Crippen molar-refractivity contribution in [2.24, 2.45) is 7.05 Å². The molecule has 23 heavy (non-hydrogen) atoms. The van der Waals surface area contributed by atoms with Crippen LogP contribution in [0.4, 0.5) is 5.69 Å². The van der Waals surface area contributed by atoms with Crippen LogP contribution in [0.25, 0.3) is 0 Å². The molecular weight excluding hydrogens is 292 g/mol. The van der Waals surface area contributed by atoms with E-state index >= 15 is 0 Å². The number of carbonyl (C=O) groups is 1. The highest BCUT2D eigenvalue weighted by Crippen LogP contribution is 2.05. The standard InChI is InChI=1S/C17H24N4O2/c1-3-14(11-19-15-7-5-4-6-8-15)20-17(22)13-23-12-16-18-9-10-21(16)2/h4-10,14,19H,3,11-13H2,1-2H3,(H,20,22). The average Bonchev–Trinajstić information content (AvgIpc) is 2.97. The van der Waals surface area contributed by atoms with Gasteiger partial charge < -0.3 is 19.9 Å². The van der Waals surface area contributed by atoms with Crippen molar-refractivity contribution in [3.05, 3.63) is 48.5 Å². The first-order chi connectivity index (χ1) is 11.2. The van der Waals surface area contributed by atoms with Gasteiger partial charge in [0.25, 0.3) is 0 Å².